The number of hydrogen-bond acceptors (Lipinski definition) is 8. The monoisotopic (exact) mass is 726 g/mol. The Labute approximate surface area is 310 Å². The highest BCUT2D eigenvalue weighted by molar-refractivity contribution is 5.80. The fraction of sp³-hybridized carbons (Fsp3) is 0.381. The summed E-state index contributed by atoms with van der Waals surface area (Å²) < 4.78 is 33.3. The van der Waals surface area contributed by atoms with Crippen molar-refractivity contribution in [1.29, 1.82) is 0 Å². The molecule has 282 valence electrons. The molecule has 0 radical (unpaired) electrons. The van der Waals surface area contributed by atoms with Gasteiger partial charge in [-0.1, -0.05) is 62.1 Å². The van der Waals surface area contributed by atoms with E-state index in [1.807, 2.05) is 42.5 Å². The van der Waals surface area contributed by atoms with Gasteiger partial charge in [-0.25, -0.2) is 9.37 Å². The highest BCUT2D eigenvalue weighted by atomic mass is 19.1. The molecule has 1 unspecified atom stereocenters. The van der Waals surface area contributed by atoms with E-state index in [4.69, 9.17) is 24.9 Å². The molecule has 0 aliphatic rings. The molecule has 5 rings (SSSR count). The summed E-state index contributed by atoms with van der Waals surface area (Å²) in [6.45, 7) is 4.49. The maximum absolute atomic E-state index is 15.1. The van der Waals surface area contributed by atoms with Crippen molar-refractivity contribution in [3.8, 4) is 28.6 Å². The number of benzene rings is 3. The zero-order chi connectivity index (χ0) is 37.4. The number of carbonyl (C=O) groups is 1. The maximum atomic E-state index is 15.1. The molecule has 53 heavy (non-hydrogen) atoms. The summed E-state index contributed by atoms with van der Waals surface area (Å²) in [4.78, 5) is 17.1. The fourth-order valence-corrected chi connectivity index (χ4v) is 6.10. The van der Waals surface area contributed by atoms with Gasteiger partial charge in [0.1, 0.15) is 11.9 Å². The minimum absolute atomic E-state index is 0.0719. The molecule has 10 nitrogen and oxygen atoms in total. The number of carbonyl (C=O) groups excluding carboxylic acids is 1. The number of nitrogens with zero attached hydrogens (tertiary/aromatic N) is 2. The minimum atomic E-state index is -0.518. The van der Waals surface area contributed by atoms with Gasteiger partial charge in [0.25, 0.3) is 0 Å². The average Bonchev–Trinajstić information content (AvgIpc) is 3.47. The first-order valence-corrected chi connectivity index (χ1v) is 18.5. The van der Waals surface area contributed by atoms with Crippen LogP contribution in [0.2, 0.25) is 0 Å². The first-order chi connectivity index (χ1) is 25.8. The summed E-state index contributed by atoms with van der Waals surface area (Å²) in [6, 6.07) is 23.7. The van der Waals surface area contributed by atoms with E-state index in [1.54, 1.807) is 47.9 Å². The second-order valence-electron chi connectivity index (χ2n) is 13.1. The number of nitrogens with one attached hydrogen (secondary N) is 1. The van der Waals surface area contributed by atoms with Crippen LogP contribution >= 0.6 is 0 Å². The molecule has 0 aliphatic carbocycles. The lowest BCUT2D eigenvalue weighted by Gasteiger charge is -2.13. The molecule has 0 bridgehead atoms. The second-order valence-corrected chi connectivity index (χ2v) is 13.1. The van der Waals surface area contributed by atoms with Gasteiger partial charge in [-0.05, 0) is 73.4 Å². The van der Waals surface area contributed by atoms with E-state index in [0.717, 1.165) is 60.9 Å². The van der Waals surface area contributed by atoms with Crippen LogP contribution in [0.25, 0.3) is 16.8 Å². The summed E-state index contributed by atoms with van der Waals surface area (Å²) in [6.07, 6.45) is 7.94. The van der Waals surface area contributed by atoms with Gasteiger partial charge in [0.2, 0.25) is 5.91 Å². The Morgan fingerprint density at radius 2 is 1.62 bits per heavy atom. The zero-order valence-electron chi connectivity index (χ0n) is 30.4. The molecule has 3 aromatic carbocycles. The van der Waals surface area contributed by atoms with Gasteiger partial charge in [-0.2, -0.15) is 0 Å². The number of rotatable bonds is 22. The van der Waals surface area contributed by atoms with Crippen LogP contribution in [0.5, 0.6) is 17.4 Å². The summed E-state index contributed by atoms with van der Waals surface area (Å²) >= 11 is 0. The number of hydrogen-bond donors (Lipinski definition) is 4. The Hall–Kier alpha value is -4.97. The molecular weight excluding hydrogens is 675 g/mol. The predicted molar refractivity (Wildman–Crippen MR) is 204 cm³/mol. The largest absolute Gasteiger partial charge is 0.508 e. The molecule has 5 N–H and O–H groups in total. The van der Waals surface area contributed by atoms with Crippen molar-refractivity contribution in [2.75, 3.05) is 39.5 Å². The van der Waals surface area contributed by atoms with E-state index in [9.17, 15) is 15.0 Å². The molecule has 11 heteroatoms. The number of phenols is 1. The van der Waals surface area contributed by atoms with E-state index < -0.39 is 11.9 Å². The van der Waals surface area contributed by atoms with Crippen molar-refractivity contribution in [2.24, 2.45) is 5.73 Å². The summed E-state index contributed by atoms with van der Waals surface area (Å²) in [5.74, 6) is -0.109. The molecular formula is C42H51FN4O6. The first-order valence-electron chi connectivity index (χ1n) is 18.5. The SMILES string of the molecule is CC(OCCOCCN)C(=O)NCCCCCCCCOc1ccc(Cc2cc3c(Cc4ccccc4)nc(-c4ccc(O)cc4)cn3c2O)cc1F. The lowest BCUT2D eigenvalue weighted by Crippen LogP contribution is -2.35. The number of halogens is 1. The molecule has 2 aromatic heterocycles. The molecule has 0 saturated heterocycles. The molecule has 2 heterocycles. The molecule has 1 atom stereocenters. The van der Waals surface area contributed by atoms with E-state index in [-0.39, 0.29) is 23.3 Å². The van der Waals surface area contributed by atoms with Gasteiger partial charge in [0.05, 0.1) is 43.3 Å². The minimum Gasteiger partial charge on any atom is -0.508 e. The number of nitrogens with two attached hydrogens (primary N) is 1. The Kier molecular flexibility index (Phi) is 15.0. The van der Waals surface area contributed by atoms with E-state index in [2.05, 4.69) is 5.32 Å². The number of unbranched alkanes of at least 4 members (excludes halogenated alkanes) is 5. The quantitative estimate of drug-likeness (QED) is 0.0562. The number of amides is 1. The van der Waals surface area contributed by atoms with Crippen LogP contribution in [0.4, 0.5) is 4.39 Å². The average molecular weight is 727 g/mol. The van der Waals surface area contributed by atoms with Crippen molar-refractivity contribution < 1.29 is 33.6 Å². The Morgan fingerprint density at radius 3 is 2.38 bits per heavy atom. The van der Waals surface area contributed by atoms with Crippen LogP contribution in [0.3, 0.4) is 0 Å². The first kappa shape index (κ1) is 39.2. The van der Waals surface area contributed by atoms with Gasteiger partial charge < -0.3 is 35.5 Å². The van der Waals surface area contributed by atoms with Gasteiger partial charge in [0.15, 0.2) is 17.4 Å². The summed E-state index contributed by atoms with van der Waals surface area (Å²) in [5.41, 5.74) is 10.9. The fourth-order valence-electron chi connectivity index (χ4n) is 6.10. The van der Waals surface area contributed by atoms with Crippen LogP contribution in [-0.4, -0.2) is 71.1 Å². The third-order valence-electron chi connectivity index (χ3n) is 9.01. The Bertz CT molecular complexity index is 1880. The van der Waals surface area contributed by atoms with Gasteiger partial charge >= 0.3 is 0 Å². The smallest absolute Gasteiger partial charge is 0.248 e. The third-order valence-corrected chi connectivity index (χ3v) is 9.01. The van der Waals surface area contributed by atoms with Crippen LogP contribution in [0.1, 0.15) is 67.8 Å². The van der Waals surface area contributed by atoms with Crippen molar-refractivity contribution in [2.45, 2.75) is 64.4 Å². The van der Waals surface area contributed by atoms with Gasteiger partial charge in [0, 0.05) is 43.3 Å². The summed E-state index contributed by atoms with van der Waals surface area (Å²) in [5, 5.41) is 24.1. The predicted octanol–water partition coefficient (Wildman–Crippen LogP) is 6.95. The highest BCUT2D eigenvalue weighted by Crippen LogP contribution is 2.32. The van der Waals surface area contributed by atoms with Crippen molar-refractivity contribution >= 4 is 11.4 Å². The number of phenolic OH excluding ortho intramolecular Hbond substituents is 1. The van der Waals surface area contributed by atoms with E-state index in [0.29, 0.717) is 69.2 Å². The maximum Gasteiger partial charge on any atom is 0.248 e. The topological polar surface area (TPSA) is 141 Å². The van der Waals surface area contributed by atoms with Crippen molar-refractivity contribution in [3.63, 3.8) is 0 Å². The Balaban J connectivity index is 1.07. The van der Waals surface area contributed by atoms with Crippen LogP contribution in [0.15, 0.2) is 85.1 Å². The van der Waals surface area contributed by atoms with Crippen LogP contribution in [0, 0.1) is 5.82 Å². The molecule has 0 spiro atoms. The second kappa shape index (κ2) is 20.3. The van der Waals surface area contributed by atoms with Crippen molar-refractivity contribution in [3.05, 3.63) is 113 Å². The molecule has 5 aromatic rings. The van der Waals surface area contributed by atoms with E-state index in [1.165, 1.54) is 6.07 Å². The number of aromatic hydroxyl groups is 2. The standard InChI is InChI=1S/C42H51FN4O6/c1-30(52-24-23-51-22-19-44)41(49)45-20-9-4-2-3-5-10-21-53-40-18-13-32(26-36(40)43)25-34-28-39-37(27-31-11-7-6-8-12-31)46-38(29-47(39)42(34)50)33-14-16-35(48)17-15-33/h6-8,11-18,26,28-30,48,50H,2-5,9-10,19-25,27,44H2,1H3,(H,45,49). The van der Waals surface area contributed by atoms with E-state index >= 15 is 4.39 Å². The lowest BCUT2D eigenvalue weighted by atomic mass is 10.1. The normalized spacial score (nSPS) is 11.9. The molecule has 1 amide bonds. The molecule has 0 aliphatic heterocycles. The number of ether oxygens (including phenoxy) is 3. The van der Waals surface area contributed by atoms with Crippen molar-refractivity contribution in [1.82, 2.24) is 14.7 Å². The Morgan fingerprint density at radius 1 is 0.868 bits per heavy atom. The molecule has 0 saturated carbocycles. The number of fused-ring (bicyclic) bond motifs is 1. The number of aromatic nitrogens is 2. The zero-order valence-corrected chi connectivity index (χ0v) is 30.4. The third kappa shape index (κ3) is 11.8. The van der Waals surface area contributed by atoms with Gasteiger partial charge in [-0.3, -0.25) is 9.20 Å². The highest BCUT2D eigenvalue weighted by Gasteiger charge is 2.18. The summed E-state index contributed by atoms with van der Waals surface area (Å²) in [7, 11) is 0. The molecule has 0 fully saturated rings. The van der Waals surface area contributed by atoms with Crippen LogP contribution < -0.4 is 15.8 Å². The van der Waals surface area contributed by atoms with Crippen LogP contribution in [-0.2, 0) is 27.1 Å². The van der Waals surface area contributed by atoms with Gasteiger partial charge in [-0.15, -0.1) is 0 Å². The lowest BCUT2D eigenvalue weighted by molar-refractivity contribution is -0.132.